The lowest BCUT2D eigenvalue weighted by Crippen LogP contribution is -2.52. The standard InChI is InChI=1S/C26H28N6O/c1-27-22-9-7-20(8-10-22)17-32-19-28-16-23(32)18-30-11-13-31(14-12-30)26(33)29-25-15-24(25)21-5-3-2-4-6-21/h2-10,16,19,24-25H,11-15,17-18H2,(H,29,33). The number of nitrogens with zero attached hydrogens (tertiary/aromatic N) is 5. The summed E-state index contributed by atoms with van der Waals surface area (Å²) in [6.45, 7) is 11.8. The van der Waals surface area contributed by atoms with Crippen LogP contribution in [-0.2, 0) is 13.1 Å². The third-order valence-corrected chi connectivity index (χ3v) is 6.59. The topological polar surface area (TPSA) is 57.8 Å². The Bertz CT molecular complexity index is 1130. The lowest BCUT2D eigenvalue weighted by atomic mass is 10.1. The van der Waals surface area contributed by atoms with Crippen LogP contribution in [0, 0.1) is 6.57 Å². The summed E-state index contributed by atoms with van der Waals surface area (Å²) in [5.74, 6) is 0.453. The first-order chi connectivity index (χ1) is 16.2. The van der Waals surface area contributed by atoms with E-state index in [4.69, 9.17) is 6.57 Å². The fourth-order valence-electron chi connectivity index (χ4n) is 4.51. The van der Waals surface area contributed by atoms with E-state index < -0.39 is 0 Å². The number of carbonyl (C=O) groups is 1. The van der Waals surface area contributed by atoms with Crippen molar-refractivity contribution >= 4 is 11.7 Å². The number of piperazine rings is 1. The first-order valence-corrected chi connectivity index (χ1v) is 11.5. The molecule has 7 nitrogen and oxygen atoms in total. The monoisotopic (exact) mass is 440 g/mol. The number of hydrogen-bond donors (Lipinski definition) is 1. The number of hydrogen-bond acceptors (Lipinski definition) is 3. The van der Waals surface area contributed by atoms with Gasteiger partial charge in [-0.25, -0.2) is 14.6 Å². The van der Waals surface area contributed by atoms with E-state index in [1.807, 2.05) is 47.8 Å². The molecule has 1 saturated heterocycles. The molecule has 7 heteroatoms. The second-order valence-corrected chi connectivity index (χ2v) is 8.86. The fourth-order valence-corrected chi connectivity index (χ4v) is 4.51. The van der Waals surface area contributed by atoms with E-state index in [9.17, 15) is 4.79 Å². The Morgan fingerprint density at radius 1 is 1.03 bits per heavy atom. The summed E-state index contributed by atoms with van der Waals surface area (Å²) < 4.78 is 2.16. The quantitative estimate of drug-likeness (QED) is 0.592. The molecule has 33 heavy (non-hydrogen) atoms. The smallest absolute Gasteiger partial charge is 0.317 e. The molecule has 2 heterocycles. The summed E-state index contributed by atoms with van der Waals surface area (Å²) in [7, 11) is 0. The van der Waals surface area contributed by atoms with Gasteiger partial charge in [0.1, 0.15) is 0 Å². The van der Waals surface area contributed by atoms with Gasteiger partial charge in [-0.2, -0.15) is 0 Å². The molecule has 0 radical (unpaired) electrons. The van der Waals surface area contributed by atoms with Gasteiger partial charge in [-0.15, -0.1) is 0 Å². The summed E-state index contributed by atoms with van der Waals surface area (Å²) in [6, 6.07) is 18.5. The summed E-state index contributed by atoms with van der Waals surface area (Å²) in [5, 5.41) is 3.21. The Hall–Kier alpha value is -3.63. The number of rotatable bonds is 6. The Balaban J connectivity index is 1.09. The van der Waals surface area contributed by atoms with Crippen molar-refractivity contribution in [3.63, 3.8) is 0 Å². The molecule has 2 atom stereocenters. The van der Waals surface area contributed by atoms with Crippen molar-refractivity contribution in [1.82, 2.24) is 24.7 Å². The molecule has 2 amide bonds. The molecule has 1 aromatic heterocycles. The number of aromatic nitrogens is 2. The van der Waals surface area contributed by atoms with Crippen LogP contribution in [0.3, 0.4) is 0 Å². The molecule has 0 bridgehead atoms. The maximum atomic E-state index is 12.7. The van der Waals surface area contributed by atoms with Crippen molar-refractivity contribution in [2.24, 2.45) is 0 Å². The Labute approximate surface area is 194 Å². The van der Waals surface area contributed by atoms with Crippen molar-refractivity contribution in [3.8, 4) is 0 Å². The van der Waals surface area contributed by atoms with E-state index in [0.717, 1.165) is 56.9 Å². The zero-order valence-corrected chi connectivity index (χ0v) is 18.6. The number of benzene rings is 2. The van der Waals surface area contributed by atoms with Gasteiger partial charge in [0.05, 0.1) is 18.6 Å². The van der Waals surface area contributed by atoms with Crippen LogP contribution < -0.4 is 5.32 Å². The maximum absolute atomic E-state index is 12.7. The summed E-state index contributed by atoms with van der Waals surface area (Å²) >= 11 is 0. The highest BCUT2D eigenvalue weighted by molar-refractivity contribution is 5.75. The van der Waals surface area contributed by atoms with E-state index in [1.165, 1.54) is 5.56 Å². The van der Waals surface area contributed by atoms with Gasteiger partial charge in [-0.1, -0.05) is 54.6 Å². The summed E-state index contributed by atoms with van der Waals surface area (Å²) in [5.41, 5.74) is 4.28. The molecule has 0 spiro atoms. The molecule has 2 aromatic carbocycles. The molecule has 1 N–H and O–H groups in total. The van der Waals surface area contributed by atoms with Crippen molar-refractivity contribution in [3.05, 3.63) is 95.4 Å². The first-order valence-electron chi connectivity index (χ1n) is 11.5. The second kappa shape index (κ2) is 9.47. The molecule has 5 rings (SSSR count). The van der Waals surface area contributed by atoms with E-state index in [0.29, 0.717) is 11.6 Å². The van der Waals surface area contributed by atoms with Gasteiger partial charge in [-0.3, -0.25) is 4.90 Å². The molecule has 2 fully saturated rings. The van der Waals surface area contributed by atoms with Gasteiger partial charge in [0.2, 0.25) is 0 Å². The highest BCUT2D eigenvalue weighted by atomic mass is 16.2. The van der Waals surface area contributed by atoms with Gasteiger partial charge in [-0.05, 0) is 17.5 Å². The number of imidazole rings is 1. The Morgan fingerprint density at radius 2 is 1.79 bits per heavy atom. The van der Waals surface area contributed by atoms with Crippen LogP contribution >= 0.6 is 0 Å². The number of amides is 2. The molecule has 1 aliphatic heterocycles. The lowest BCUT2D eigenvalue weighted by molar-refractivity contribution is 0.133. The summed E-state index contributed by atoms with van der Waals surface area (Å²) in [6.07, 6.45) is 4.81. The van der Waals surface area contributed by atoms with Crippen LogP contribution in [0.1, 0.15) is 29.2 Å². The van der Waals surface area contributed by atoms with Crippen LogP contribution in [0.5, 0.6) is 0 Å². The molecular formula is C26H28N6O. The van der Waals surface area contributed by atoms with Crippen molar-refractivity contribution < 1.29 is 4.79 Å². The van der Waals surface area contributed by atoms with Crippen LogP contribution in [0.4, 0.5) is 10.5 Å². The average molecular weight is 441 g/mol. The third kappa shape index (κ3) is 5.07. The van der Waals surface area contributed by atoms with E-state index in [1.54, 1.807) is 0 Å². The Morgan fingerprint density at radius 3 is 2.52 bits per heavy atom. The number of carbonyl (C=O) groups excluding carboxylic acids is 1. The van der Waals surface area contributed by atoms with Crippen LogP contribution in [0.25, 0.3) is 4.85 Å². The van der Waals surface area contributed by atoms with Crippen LogP contribution in [0.15, 0.2) is 67.1 Å². The predicted octanol–water partition coefficient (Wildman–Crippen LogP) is 3.87. The minimum absolute atomic E-state index is 0.0611. The van der Waals surface area contributed by atoms with Gasteiger partial charge in [0, 0.05) is 57.4 Å². The van der Waals surface area contributed by atoms with Crippen molar-refractivity contribution in [1.29, 1.82) is 0 Å². The lowest BCUT2D eigenvalue weighted by Gasteiger charge is -2.34. The van der Waals surface area contributed by atoms with Gasteiger partial charge in [0.15, 0.2) is 5.69 Å². The largest absolute Gasteiger partial charge is 0.335 e. The fraction of sp³-hybridized carbons (Fsp3) is 0.346. The van der Waals surface area contributed by atoms with Gasteiger partial charge in [0.25, 0.3) is 0 Å². The molecule has 3 aromatic rings. The summed E-state index contributed by atoms with van der Waals surface area (Å²) in [4.78, 5) is 24.8. The van der Waals surface area contributed by atoms with Crippen LogP contribution in [-0.4, -0.2) is 57.6 Å². The second-order valence-electron chi connectivity index (χ2n) is 8.86. The maximum Gasteiger partial charge on any atom is 0.317 e. The third-order valence-electron chi connectivity index (χ3n) is 6.59. The zero-order chi connectivity index (χ0) is 22.6. The predicted molar refractivity (Wildman–Crippen MR) is 127 cm³/mol. The molecular weight excluding hydrogens is 412 g/mol. The molecule has 1 aliphatic carbocycles. The highest BCUT2D eigenvalue weighted by Gasteiger charge is 2.40. The minimum atomic E-state index is 0.0611. The van der Waals surface area contributed by atoms with Crippen molar-refractivity contribution in [2.75, 3.05) is 26.2 Å². The van der Waals surface area contributed by atoms with Gasteiger partial charge >= 0.3 is 6.03 Å². The minimum Gasteiger partial charge on any atom is -0.335 e. The SMILES string of the molecule is [C-]#[N+]c1ccc(Cn2cncc2CN2CCN(C(=O)NC3CC3c3ccccc3)CC2)cc1. The van der Waals surface area contributed by atoms with Gasteiger partial charge < -0.3 is 14.8 Å². The van der Waals surface area contributed by atoms with E-state index in [-0.39, 0.29) is 12.1 Å². The molecule has 2 aliphatic rings. The van der Waals surface area contributed by atoms with E-state index >= 15 is 0 Å². The number of urea groups is 1. The van der Waals surface area contributed by atoms with E-state index in [2.05, 4.69) is 48.9 Å². The molecule has 2 unspecified atom stereocenters. The van der Waals surface area contributed by atoms with Crippen molar-refractivity contribution in [2.45, 2.75) is 31.5 Å². The molecule has 168 valence electrons. The number of nitrogens with one attached hydrogen (secondary N) is 1. The average Bonchev–Trinajstić information content (AvgIpc) is 3.50. The Kier molecular flexibility index (Phi) is 6.09. The molecule has 1 saturated carbocycles. The zero-order valence-electron chi connectivity index (χ0n) is 18.6. The highest BCUT2D eigenvalue weighted by Crippen LogP contribution is 2.40. The normalized spacial score (nSPS) is 20.3. The first kappa shape index (κ1) is 21.2. The van der Waals surface area contributed by atoms with Crippen LogP contribution in [0.2, 0.25) is 0 Å².